The van der Waals surface area contributed by atoms with Crippen molar-refractivity contribution in [3.8, 4) is 11.3 Å². The molecule has 1 aromatic carbocycles. The molecule has 3 heteroatoms. The van der Waals surface area contributed by atoms with Gasteiger partial charge in [-0.25, -0.2) is 9.97 Å². The molecule has 0 unspecified atom stereocenters. The SMILES string of the molecule is Cc1cc(-c2ccc3c(c2)CCC3)nc(CN)n1. The van der Waals surface area contributed by atoms with Crippen molar-refractivity contribution in [1.29, 1.82) is 0 Å². The fourth-order valence-corrected chi connectivity index (χ4v) is 2.60. The van der Waals surface area contributed by atoms with E-state index in [9.17, 15) is 0 Å². The van der Waals surface area contributed by atoms with Crippen molar-refractivity contribution in [3.05, 3.63) is 46.9 Å². The van der Waals surface area contributed by atoms with Crippen LogP contribution in [0.3, 0.4) is 0 Å². The highest BCUT2D eigenvalue weighted by Gasteiger charge is 2.12. The second kappa shape index (κ2) is 4.50. The molecule has 0 saturated carbocycles. The molecule has 0 bridgehead atoms. The van der Waals surface area contributed by atoms with Crippen molar-refractivity contribution in [1.82, 2.24) is 9.97 Å². The van der Waals surface area contributed by atoms with Crippen LogP contribution in [0.25, 0.3) is 11.3 Å². The summed E-state index contributed by atoms with van der Waals surface area (Å²) in [6.45, 7) is 2.37. The zero-order valence-electron chi connectivity index (χ0n) is 10.6. The van der Waals surface area contributed by atoms with Crippen LogP contribution in [0.4, 0.5) is 0 Å². The Bertz CT molecular complexity index is 590. The van der Waals surface area contributed by atoms with Crippen LogP contribution >= 0.6 is 0 Å². The van der Waals surface area contributed by atoms with Gasteiger partial charge in [-0.1, -0.05) is 12.1 Å². The van der Waals surface area contributed by atoms with Gasteiger partial charge in [0.15, 0.2) is 0 Å². The Balaban J connectivity index is 2.06. The zero-order valence-corrected chi connectivity index (χ0v) is 10.6. The number of benzene rings is 1. The Labute approximate surface area is 107 Å². The van der Waals surface area contributed by atoms with Gasteiger partial charge in [-0.05, 0) is 49.4 Å². The van der Waals surface area contributed by atoms with E-state index in [0.717, 1.165) is 11.4 Å². The van der Waals surface area contributed by atoms with Crippen LogP contribution < -0.4 is 5.73 Å². The van der Waals surface area contributed by atoms with Crippen molar-refractivity contribution >= 4 is 0 Å². The van der Waals surface area contributed by atoms with E-state index in [4.69, 9.17) is 5.73 Å². The number of hydrogen-bond donors (Lipinski definition) is 1. The number of aromatic nitrogens is 2. The molecule has 18 heavy (non-hydrogen) atoms. The quantitative estimate of drug-likeness (QED) is 0.875. The van der Waals surface area contributed by atoms with Crippen molar-refractivity contribution in [2.24, 2.45) is 5.73 Å². The predicted molar refractivity (Wildman–Crippen MR) is 72.1 cm³/mol. The van der Waals surface area contributed by atoms with Crippen molar-refractivity contribution in [2.45, 2.75) is 32.7 Å². The Hall–Kier alpha value is -1.74. The predicted octanol–water partition coefficient (Wildman–Crippen LogP) is 2.40. The monoisotopic (exact) mass is 239 g/mol. The first-order valence-corrected chi connectivity index (χ1v) is 6.43. The lowest BCUT2D eigenvalue weighted by atomic mass is 10.0. The summed E-state index contributed by atoms with van der Waals surface area (Å²) in [4.78, 5) is 8.83. The van der Waals surface area contributed by atoms with E-state index in [-0.39, 0.29) is 0 Å². The highest BCUT2D eigenvalue weighted by Crippen LogP contribution is 2.27. The van der Waals surface area contributed by atoms with Crippen LogP contribution in [-0.2, 0) is 19.4 Å². The van der Waals surface area contributed by atoms with Crippen LogP contribution in [0.5, 0.6) is 0 Å². The number of rotatable bonds is 2. The van der Waals surface area contributed by atoms with Gasteiger partial charge in [-0.3, -0.25) is 0 Å². The fraction of sp³-hybridized carbons (Fsp3) is 0.333. The highest BCUT2D eigenvalue weighted by atomic mass is 14.9. The van der Waals surface area contributed by atoms with Gasteiger partial charge in [0, 0.05) is 11.3 Å². The zero-order chi connectivity index (χ0) is 12.5. The second-order valence-electron chi connectivity index (χ2n) is 4.85. The minimum atomic E-state index is 0.389. The minimum absolute atomic E-state index is 0.389. The standard InChI is InChI=1S/C15H17N3/c1-10-7-14(18-15(9-16)17-10)13-6-5-11-3-2-4-12(11)8-13/h5-8H,2-4,9,16H2,1H3. The van der Waals surface area contributed by atoms with E-state index in [1.54, 1.807) is 0 Å². The Kier molecular flexibility index (Phi) is 2.84. The molecule has 0 radical (unpaired) electrons. The highest BCUT2D eigenvalue weighted by molar-refractivity contribution is 5.62. The molecular weight excluding hydrogens is 222 g/mol. The molecule has 92 valence electrons. The van der Waals surface area contributed by atoms with E-state index in [2.05, 4.69) is 28.2 Å². The normalized spacial score (nSPS) is 13.7. The first-order chi connectivity index (χ1) is 8.76. The van der Waals surface area contributed by atoms with E-state index >= 15 is 0 Å². The summed E-state index contributed by atoms with van der Waals surface area (Å²) in [7, 11) is 0. The van der Waals surface area contributed by atoms with Gasteiger partial charge in [-0.2, -0.15) is 0 Å². The lowest BCUT2D eigenvalue weighted by molar-refractivity contribution is 0.894. The third-order valence-electron chi connectivity index (χ3n) is 3.48. The van der Waals surface area contributed by atoms with Gasteiger partial charge in [-0.15, -0.1) is 0 Å². The summed E-state index contributed by atoms with van der Waals surface area (Å²) in [6.07, 6.45) is 3.68. The maximum absolute atomic E-state index is 5.63. The van der Waals surface area contributed by atoms with Gasteiger partial charge in [0.05, 0.1) is 12.2 Å². The van der Waals surface area contributed by atoms with Gasteiger partial charge < -0.3 is 5.73 Å². The molecule has 3 nitrogen and oxygen atoms in total. The van der Waals surface area contributed by atoms with Crippen LogP contribution in [-0.4, -0.2) is 9.97 Å². The Morgan fingerprint density at radius 3 is 2.78 bits per heavy atom. The van der Waals surface area contributed by atoms with Crippen LogP contribution in [0.2, 0.25) is 0 Å². The fourth-order valence-electron chi connectivity index (χ4n) is 2.60. The van der Waals surface area contributed by atoms with Crippen molar-refractivity contribution in [2.75, 3.05) is 0 Å². The molecule has 0 fully saturated rings. The summed E-state index contributed by atoms with van der Waals surface area (Å²) in [6, 6.07) is 8.68. The van der Waals surface area contributed by atoms with Gasteiger partial charge >= 0.3 is 0 Å². The molecule has 1 heterocycles. The van der Waals surface area contributed by atoms with E-state index in [0.29, 0.717) is 12.4 Å². The molecule has 0 atom stereocenters. The van der Waals surface area contributed by atoms with Crippen molar-refractivity contribution in [3.63, 3.8) is 0 Å². The average Bonchev–Trinajstić information content (AvgIpc) is 2.85. The van der Waals surface area contributed by atoms with Crippen LogP contribution in [0, 0.1) is 6.92 Å². The third-order valence-corrected chi connectivity index (χ3v) is 3.48. The molecule has 2 N–H and O–H groups in total. The Morgan fingerprint density at radius 2 is 1.94 bits per heavy atom. The second-order valence-corrected chi connectivity index (χ2v) is 4.85. The number of nitrogens with two attached hydrogens (primary N) is 1. The third kappa shape index (κ3) is 2.02. The van der Waals surface area contributed by atoms with Gasteiger partial charge in [0.2, 0.25) is 0 Å². The molecule has 3 rings (SSSR count). The van der Waals surface area contributed by atoms with Gasteiger partial charge in [0.1, 0.15) is 5.82 Å². The summed E-state index contributed by atoms with van der Waals surface area (Å²) in [5.74, 6) is 0.713. The molecule has 2 aromatic rings. The first-order valence-electron chi connectivity index (χ1n) is 6.43. The van der Waals surface area contributed by atoms with E-state index in [1.807, 2.05) is 13.0 Å². The molecule has 0 amide bonds. The lowest BCUT2D eigenvalue weighted by Gasteiger charge is -2.07. The van der Waals surface area contributed by atoms with E-state index in [1.165, 1.54) is 36.0 Å². The molecule has 0 spiro atoms. The Morgan fingerprint density at radius 1 is 1.11 bits per heavy atom. The summed E-state index contributed by atoms with van der Waals surface area (Å²) < 4.78 is 0. The molecule has 1 aliphatic carbocycles. The maximum atomic E-state index is 5.63. The largest absolute Gasteiger partial charge is 0.324 e. The molecule has 1 aromatic heterocycles. The average molecular weight is 239 g/mol. The molecule has 0 saturated heterocycles. The maximum Gasteiger partial charge on any atom is 0.142 e. The number of nitrogens with zero attached hydrogens (tertiary/aromatic N) is 2. The first kappa shape index (κ1) is 11.4. The molecule has 0 aliphatic heterocycles. The van der Waals surface area contributed by atoms with Gasteiger partial charge in [0.25, 0.3) is 0 Å². The van der Waals surface area contributed by atoms with Crippen LogP contribution in [0.15, 0.2) is 24.3 Å². The van der Waals surface area contributed by atoms with E-state index < -0.39 is 0 Å². The molecule has 1 aliphatic rings. The number of aryl methyl sites for hydroxylation is 3. The smallest absolute Gasteiger partial charge is 0.142 e. The number of fused-ring (bicyclic) bond motifs is 1. The van der Waals surface area contributed by atoms with Crippen molar-refractivity contribution < 1.29 is 0 Å². The summed E-state index contributed by atoms with van der Waals surface area (Å²) >= 11 is 0. The summed E-state index contributed by atoms with van der Waals surface area (Å²) in [5, 5.41) is 0. The molecular formula is C15H17N3. The minimum Gasteiger partial charge on any atom is -0.324 e. The lowest BCUT2D eigenvalue weighted by Crippen LogP contribution is -2.05. The topological polar surface area (TPSA) is 51.8 Å². The number of hydrogen-bond acceptors (Lipinski definition) is 3. The van der Waals surface area contributed by atoms with Crippen LogP contribution in [0.1, 0.15) is 29.1 Å². The summed E-state index contributed by atoms with van der Waals surface area (Å²) in [5.41, 5.74) is 11.7.